The Hall–Kier alpha value is -1.58. The van der Waals surface area contributed by atoms with Gasteiger partial charge in [0.15, 0.2) is 5.75 Å². The first kappa shape index (κ1) is 9.96. The molecule has 0 spiro atoms. The Bertz CT molecular complexity index is 359. The predicted molar refractivity (Wildman–Crippen MR) is 54.8 cm³/mol. The number of hydrogen-bond acceptors (Lipinski definition) is 3. The minimum absolute atomic E-state index is 0.0654. The summed E-state index contributed by atoms with van der Waals surface area (Å²) in [4.78, 5) is 10.2. The number of para-hydroxylation sites is 1. The van der Waals surface area contributed by atoms with E-state index in [9.17, 15) is 10.1 Å². The predicted octanol–water partition coefficient (Wildman–Crippen LogP) is 2.72. The molecule has 15 heavy (non-hydrogen) atoms. The summed E-state index contributed by atoms with van der Waals surface area (Å²) in [5, 5.41) is 10.7. The Balaban J connectivity index is 2.15. The monoisotopic (exact) mass is 206 g/mol. The van der Waals surface area contributed by atoms with Crippen LogP contribution in [-0.4, -0.2) is 11.0 Å². The molecule has 4 nitrogen and oxygen atoms in total. The van der Waals surface area contributed by atoms with Crippen LogP contribution < -0.4 is 4.74 Å². The third-order valence-electron chi connectivity index (χ3n) is 2.58. The zero-order valence-electron chi connectivity index (χ0n) is 8.31. The summed E-state index contributed by atoms with van der Waals surface area (Å²) in [6.07, 6.45) is 4.42. The topological polar surface area (TPSA) is 52.4 Å². The van der Waals surface area contributed by atoms with Crippen LogP contribution in [0, 0.1) is 16.2 Å². The van der Waals surface area contributed by atoms with Crippen molar-refractivity contribution in [2.45, 2.75) is 31.8 Å². The first-order chi connectivity index (χ1) is 7.27. The Labute approximate surface area is 88.0 Å². The Morgan fingerprint density at radius 3 is 2.87 bits per heavy atom. The van der Waals surface area contributed by atoms with E-state index in [1.807, 2.05) is 0 Å². The maximum atomic E-state index is 10.7. The van der Waals surface area contributed by atoms with Crippen molar-refractivity contribution >= 4 is 5.69 Å². The molecule has 0 aliphatic heterocycles. The second kappa shape index (κ2) is 4.29. The van der Waals surface area contributed by atoms with Gasteiger partial charge in [-0.1, -0.05) is 6.07 Å². The van der Waals surface area contributed by atoms with Crippen LogP contribution in [-0.2, 0) is 0 Å². The van der Waals surface area contributed by atoms with E-state index in [-0.39, 0.29) is 11.8 Å². The maximum Gasteiger partial charge on any atom is 0.318 e. The van der Waals surface area contributed by atoms with Gasteiger partial charge in [0.1, 0.15) is 0 Å². The summed E-state index contributed by atoms with van der Waals surface area (Å²) in [7, 11) is 0. The second-order valence-corrected chi connectivity index (χ2v) is 3.66. The standard InChI is InChI=1S/C11H12NO3/c13-12(14)10-7-3-4-8-11(10)15-9-5-1-2-6-9/h3-4,8-9H,1-2,5-6H2. The van der Waals surface area contributed by atoms with Crippen LogP contribution >= 0.6 is 0 Å². The highest BCUT2D eigenvalue weighted by molar-refractivity contribution is 5.44. The van der Waals surface area contributed by atoms with Crippen molar-refractivity contribution in [2.24, 2.45) is 0 Å². The van der Waals surface area contributed by atoms with E-state index >= 15 is 0 Å². The molecule has 0 bridgehead atoms. The summed E-state index contributed by atoms with van der Waals surface area (Å²) in [6.45, 7) is 0. The molecule has 1 aromatic carbocycles. The molecule has 0 N–H and O–H groups in total. The Morgan fingerprint density at radius 2 is 2.20 bits per heavy atom. The molecule has 0 aromatic heterocycles. The molecule has 1 aromatic rings. The average molecular weight is 206 g/mol. The van der Waals surface area contributed by atoms with Crippen molar-refractivity contribution < 1.29 is 9.66 Å². The van der Waals surface area contributed by atoms with Crippen LogP contribution in [0.3, 0.4) is 0 Å². The molecule has 0 amide bonds. The summed E-state index contributed by atoms with van der Waals surface area (Å²) < 4.78 is 5.59. The van der Waals surface area contributed by atoms with Gasteiger partial charge in [0.2, 0.25) is 0 Å². The molecular weight excluding hydrogens is 194 g/mol. The smallest absolute Gasteiger partial charge is 0.318 e. The summed E-state index contributed by atoms with van der Waals surface area (Å²) in [5.41, 5.74) is -0.0654. The molecule has 1 radical (unpaired) electrons. The van der Waals surface area contributed by atoms with E-state index in [0.29, 0.717) is 5.75 Å². The third kappa shape index (κ3) is 2.26. The molecule has 2 rings (SSSR count). The van der Waals surface area contributed by atoms with Gasteiger partial charge in [-0.15, -0.1) is 0 Å². The fourth-order valence-electron chi connectivity index (χ4n) is 1.84. The van der Waals surface area contributed by atoms with Crippen molar-refractivity contribution in [1.82, 2.24) is 0 Å². The molecule has 0 heterocycles. The molecule has 0 saturated heterocycles. The highest BCUT2D eigenvalue weighted by atomic mass is 16.6. The quantitative estimate of drug-likeness (QED) is 0.564. The van der Waals surface area contributed by atoms with Crippen molar-refractivity contribution in [2.75, 3.05) is 0 Å². The molecule has 4 heteroatoms. The maximum absolute atomic E-state index is 10.7. The fraction of sp³-hybridized carbons (Fsp3) is 0.455. The first-order valence-electron chi connectivity index (χ1n) is 5.09. The molecular formula is C11H12NO3. The van der Waals surface area contributed by atoms with Crippen LogP contribution in [0.5, 0.6) is 5.75 Å². The highest BCUT2D eigenvalue weighted by Crippen LogP contribution is 2.30. The highest BCUT2D eigenvalue weighted by Gasteiger charge is 2.21. The van der Waals surface area contributed by atoms with E-state index < -0.39 is 4.92 Å². The lowest BCUT2D eigenvalue weighted by Gasteiger charge is -2.12. The Morgan fingerprint density at radius 1 is 1.47 bits per heavy atom. The summed E-state index contributed by atoms with van der Waals surface area (Å²) in [5.74, 6) is 0.342. The van der Waals surface area contributed by atoms with E-state index in [1.165, 1.54) is 6.07 Å². The summed E-state index contributed by atoms with van der Waals surface area (Å²) in [6, 6.07) is 7.45. The van der Waals surface area contributed by atoms with E-state index in [4.69, 9.17) is 4.74 Å². The van der Waals surface area contributed by atoms with Crippen LogP contribution in [0.1, 0.15) is 25.7 Å². The van der Waals surface area contributed by atoms with Crippen LogP contribution in [0.15, 0.2) is 18.2 Å². The van der Waals surface area contributed by atoms with E-state index in [1.54, 1.807) is 12.1 Å². The average Bonchev–Trinajstić information content (AvgIpc) is 2.71. The van der Waals surface area contributed by atoms with Crippen LogP contribution in [0.25, 0.3) is 0 Å². The van der Waals surface area contributed by atoms with Crippen molar-refractivity contribution in [3.63, 3.8) is 0 Å². The van der Waals surface area contributed by atoms with Gasteiger partial charge in [0.05, 0.1) is 17.1 Å². The molecule has 1 aliphatic rings. The van der Waals surface area contributed by atoms with Gasteiger partial charge < -0.3 is 4.74 Å². The summed E-state index contributed by atoms with van der Waals surface area (Å²) >= 11 is 0. The zero-order chi connectivity index (χ0) is 10.7. The normalized spacial score (nSPS) is 16.5. The number of rotatable bonds is 3. The van der Waals surface area contributed by atoms with Gasteiger partial charge in [0.25, 0.3) is 0 Å². The molecule has 1 fully saturated rings. The van der Waals surface area contributed by atoms with Crippen molar-refractivity contribution in [1.29, 1.82) is 0 Å². The molecule has 0 atom stereocenters. The number of ether oxygens (including phenoxy) is 1. The van der Waals surface area contributed by atoms with Crippen molar-refractivity contribution in [3.05, 3.63) is 34.4 Å². The van der Waals surface area contributed by atoms with E-state index in [2.05, 4.69) is 6.07 Å². The number of nitrogens with zero attached hydrogens (tertiary/aromatic N) is 1. The van der Waals surface area contributed by atoms with Crippen LogP contribution in [0.4, 0.5) is 5.69 Å². The molecule has 79 valence electrons. The third-order valence-corrected chi connectivity index (χ3v) is 2.58. The van der Waals surface area contributed by atoms with Gasteiger partial charge in [-0.3, -0.25) is 10.1 Å². The first-order valence-corrected chi connectivity index (χ1v) is 5.09. The Kier molecular flexibility index (Phi) is 2.85. The van der Waals surface area contributed by atoms with Gasteiger partial charge in [-0.05, 0) is 37.8 Å². The molecule has 1 aliphatic carbocycles. The van der Waals surface area contributed by atoms with Gasteiger partial charge >= 0.3 is 5.69 Å². The van der Waals surface area contributed by atoms with Gasteiger partial charge in [0, 0.05) is 0 Å². The van der Waals surface area contributed by atoms with Gasteiger partial charge in [-0.2, -0.15) is 0 Å². The minimum atomic E-state index is -0.454. The lowest BCUT2D eigenvalue weighted by Crippen LogP contribution is -2.11. The van der Waals surface area contributed by atoms with Gasteiger partial charge in [-0.25, -0.2) is 0 Å². The van der Waals surface area contributed by atoms with Crippen molar-refractivity contribution in [3.8, 4) is 5.75 Å². The molecule has 1 saturated carbocycles. The van der Waals surface area contributed by atoms with E-state index in [0.717, 1.165) is 25.7 Å². The molecule has 0 unspecified atom stereocenters. The second-order valence-electron chi connectivity index (χ2n) is 3.66. The zero-order valence-corrected chi connectivity index (χ0v) is 8.31. The number of nitro groups is 1. The van der Waals surface area contributed by atoms with Crippen LogP contribution in [0.2, 0.25) is 0 Å². The SMILES string of the molecule is O=[N+]([O-])c1[c]cccc1OC1CCCC1. The lowest BCUT2D eigenvalue weighted by molar-refractivity contribution is -0.386. The number of nitro benzene ring substituents is 1. The number of benzene rings is 1. The minimum Gasteiger partial charge on any atom is -0.483 e. The fourth-order valence-corrected chi connectivity index (χ4v) is 1.84. The largest absolute Gasteiger partial charge is 0.483 e. The lowest BCUT2D eigenvalue weighted by atomic mass is 10.2. The number of hydrogen-bond donors (Lipinski definition) is 0.